The number of azo groups is 1. The number of nitrogens with zero attached hydrogens (tertiary/aromatic N) is 6. The molecule has 0 amide bonds. The molecule has 0 aliphatic carbocycles. The summed E-state index contributed by atoms with van der Waals surface area (Å²) in [5, 5.41) is 19.0. The lowest BCUT2D eigenvalue weighted by atomic mass is 9.84. The fraction of sp³-hybridized carbons (Fsp3) is 0.256. The highest BCUT2D eigenvalue weighted by Crippen LogP contribution is 2.47. The number of unbranched alkanes of at least 4 members (excludes halogenated alkanes) is 3. The van der Waals surface area contributed by atoms with Gasteiger partial charge in [-0.25, -0.2) is 4.57 Å². The monoisotopic (exact) mass is 757 g/mol. The van der Waals surface area contributed by atoms with Gasteiger partial charge < -0.3 is 31.9 Å². The Kier molecular flexibility index (Phi) is 13.3. The number of aryl methyl sites for hydroxylation is 1. The average molecular weight is 759 g/mol. The van der Waals surface area contributed by atoms with Gasteiger partial charge in [0.2, 0.25) is 0 Å². The quantitative estimate of drug-likeness (QED) is 0.0404. The van der Waals surface area contributed by atoms with Crippen molar-refractivity contribution in [2.45, 2.75) is 51.5 Å². The Hall–Kier alpha value is -5.28. The summed E-state index contributed by atoms with van der Waals surface area (Å²) in [5.74, 6) is 0.834. The van der Waals surface area contributed by atoms with Crippen molar-refractivity contribution in [2.75, 3.05) is 35.9 Å². The number of anilines is 4. The first-order valence-electron chi connectivity index (χ1n) is 17.7. The number of benzene rings is 4. The molecule has 1 aliphatic heterocycles. The SMILES string of the molecule is COc1ccc(Nc2ccc(N=N/C=C3/N(CCCCCC[n+]4ccc(/C=N/N(C)c5ccccc5)cc4)c4ccccc4C3(C)C)cc2)cc1.[Br-]. The molecular weight excluding hydrogens is 710 g/mol. The van der Waals surface area contributed by atoms with E-state index in [1.54, 1.807) is 7.11 Å². The van der Waals surface area contributed by atoms with Gasteiger partial charge in [0.25, 0.3) is 0 Å². The van der Waals surface area contributed by atoms with E-state index in [2.05, 4.69) is 105 Å². The number of aromatic nitrogens is 1. The molecule has 6 rings (SSSR count). The van der Waals surface area contributed by atoms with Gasteiger partial charge in [-0.2, -0.15) is 15.3 Å². The number of hydrogen-bond donors (Lipinski definition) is 1. The molecule has 1 aliphatic rings. The van der Waals surface area contributed by atoms with Crippen molar-refractivity contribution >= 4 is 34.7 Å². The van der Waals surface area contributed by atoms with E-state index in [4.69, 9.17) is 4.74 Å². The third kappa shape index (κ3) is 9.73. The number of fused-ring (bicyclic) bond motifs is 1. The molecule has 0 saturated carbocycles. The number of para-hydroxylation sites is 2. The van der Waals surface area contributed by atoms with Gasteiger partial charge in [-0.15, -0.1) is 0 Å². The number of hydrazone groups is 1. The molecule has 5 aromatic rings. The Morgan fingerprint density at radius 1 is 0.788 bits per heavy atom. The maximum Gasteiger partial charge on any atom is 0.169 e. The molecular formula is C43H48BrN7O. The van der Waals surface area contributed by atoms with Crippen LogP contribution >= 0.6 is 0 Å². The number of ether oxygens (including phenoxy) is 1. The topological polar surface area (TPSA) is 68.7 Å². The largest absolute Gasteiger partial charge is 1.00 e. The highest BCUT2D eigenvalue weighted by molar-refractivity contribution is 5.79. The number of allylic oxidation sites excluding steroid dienone is 1. The minimum Gasteiger partial charge on any atom is -1.00 e. The van der Waals surface area contributed by atoms with Gasteiger partial charge in [0.05, 0.1) is 30.9 Å². The minimum absolute atomic E-state index is 0. The van der Waals surface area contributed by atoms with Crippen LogP contribution in [0.15, 0.2) is 155 Å². The summed E-state index contributed by atoms with van der Waals surface area (Å²) in [6, 6.07) is 39.0. The molecule has 0 radical (unpaired) electrons. The number of rotatable bonds is 15. The lowest BCUT2D eigenvalue weighted by Crippen LogP contribution is -3.00. The maximum atomic E-state index is 5.25. The highest BCUT2D eigenvalue weighted by atomic mass is 79.9. The molecule has 1 aromatic heterocycles. The van der Waals surface area contributed by atoms with Crippen molar-refractivity contribution in [3.05, 3.63) is 151 Å². The summed E-state index contributed by atoms with van der Waals surface area (Å²) < 4.78 is 7.51. The van der Waals surface area contributed by atoms with E-state index in [9.17, 15) is 0 Å². The van der Waals surface area contributed by atoms with Gasteiger partial charge in [-0.1, -0.05) is 56.7 Å². The lowest BCUT2D eigenvalue weighted by molar-refractivity contribution is -0.697. The maximum absolute atomic E-state index is 5.25. The first-order chi connectivity index (χ1) is 24.9. The fourth-order valence-corrected chi connectivity index (χ4v) is 6.40. The average Bonchev–Trinajstić information content (AvgIpc) is 3.38. The second-order valence-corrected chi connectivity index (χ2v) is 13.3. The van der Waals surface area contributed by atoms with E-state index >= 15 is 0 Å². The number of nitrogens with one attached hydrogen (secondary N) is 1. The van der Waals surface area contributed by atoms with Crippen LogP contribution in [-0.4, -0.2) is 26.9 Å². The molecule has 268 valence electrons. The van der Waals surface area contributed by atoms with Crippen LogP contribution in [0, 0.1) is 0 Å². The molecule has 52 heavy (non-hydrogen) atoms. The third-order valence-corrected chi connectivity index (χ3v) is 9.37. The Bertz CT molecular complexity index is 1940. The summed E-state index contributed by atoms with van der Waals surface area (Å²) in [4.78, 5) is 2.44. The Morgan fingerprint density at radius 2 is 1.44 bits per heavy atom. The predicted octanol–water partition coefficient (Wildman–Crippen LogP) is 7.18. The molecule has 0 unspecified atom stereocenters. The number of methoxy groups -OCH3 is 1. The molecule has 0 saturated heterocycles. The van der Waals surface area contributed by atoms with Crippen LogP contribution in [0.3, 0.4) is 0 Å². The van der Waals surface area contributed by atoms with Crippen molar-refractivity contribution in [1.82, 2.24) is 0 Å². The molecule has 1 N–H and O–H groups in total. The number of hydrogen-bond acceptors (Lipinski definition) is 7. The summed E-state index contributed by atoms with van der Waals surface area (Å²) in [6.45, 7) is 6.52. The Morgan fingerprint density at radius 3 is 2.15 bits per heavy atom. The number of halogens is 1. The van der Waals surface area contributed by atoms with Crippen molar-refractivity contribution in [1.29, 1.82) is 0 Å². The van der Waals surface area contributed by atoms with Crippen molar-refractivity contribution in [3.63, 3.8) is 0 Å². The van der Waals surface area contributed by atoms with Crippen molar-refractivity contribution < 1.29 is 26.3 Å². The van der Waals surface area contributed by atoms with Crippen molar-refractivity contribution in [3.8, 4) is 5.75 Å². The van der Waals surface area contributed by atoms with E-state index < -0.39 is 0 Å². The van der Waals surface area contributed by atoms with Gasteiger partial charge in [0, 0.05) is 65.9 Å². The molecule has 0 spiro atoms. The van der Waals surface area contributed by atoms with Crippen LogP contribution < -0.4 is 41.5 Å². The normalized spacial score (nSPS) is 14.1. The van der Waals surface area contributed by atoms with Crippen LogP contribution in [-0.2, 0) is 12.0 Å². The van der Waals surface area contributed by atoms with Crippen LogP contribution in [0.25, 0.3) is 0 Å². The summed E-state index contributed by atoms with van der Waals surface area (Å²) in [6.07, 6.45) is 12.7. The van der Waals surface area contributed by atoms with E-state index in [1.807, 2.05) is 91.2 Å². The highest BCUT2D eigenvalue weighted by Gasteiger charge is 2.39. The van der Waals surface area contributed by atoms with Crippen LogP contribution in [0.5, 0.6) is 5.75 Å². The van der Waals surface area contributed by atoms with Crippen molar-refractivity contribution in [2.24, 2.45) is 15.3 Å². The van der Waals surface area contributed by atoms with E-state index in [0.29, 0.717) is 0 Å². The van der Waals surface area contributed by atoms with Gasteiger partial charge in [-0.3, -0.25) is 5.01 Å². The van der Waals surface area contributed by atoms with Gasteiger partial charge in [0.15, 0.2) is 12.4 Å². The zero-order chi connectivity index (χ0) is 35.5. The second-order valence-electron chi connectivity index (χ2n) is 13.3. The summed E-state index contributed by atoms with van der Waals surface area (Å²) >= 11 is 0. The first kappa shape index (κ1) is 38.0. The van der Waals surface area contributed by atoms with E-state index in [0.717, 1.165) is 60.0 Å². The second kappa shape index (κ2) is 18.3. The van der Waals surface area contributed by atoms with Crippen LogP contribution in [0.2, 0.25) is 0 Å². The molecule has 9 heteroatoms. The lowest BCUT2D eigenvalue weighted by Gasteiger charge is -2.26. The summed E-state index contributed by atoms with van der Waals surface area (Å²) in [7, 11) is 3.63. The van der Waals surface area contributed by atoms with Crippen LogP contribution in [0.1, 0.15) is 50.7 Å². The van der Waals surface area contributed by atoms with Crippen LogP contribution in [0.4, 0.5) is 28.4 Å². The molecule has 4 aromatic carbocycles. The third-order valence-electron chi connectivity index (χ3n) is 9.37. The van der Waals surface area contributed by atoms with E-state index in [1.165, 1.54) is 29.8 Å². The van der Waals surface area contributed by atoms with Gasteiger partial charge >= 0.3 is 0 Å². The first-order valence-corrected chi connectivity index (χ1v) is 17.7. The fourth-order valence-electron chi connectivity index (χ4n) is 6.40. The Labute approximate surface area is 319 Å². The van der Waals surface area contributed by atoms with Gasteiger partial charge in [0.1, 0.15) is 12.3 Å². The standard InChI is InChI=1S/C43H48N7O.BrH/c1-43(2)40-16-10-11-17-41(40)50(42(43)33-44-47-37-20-18-35(19-21-37)46-36-22-24-39(51-4)25-23-36)29-13-6-5-12-28-49-30-26-34(27-31-49)32-45-48(3)38-14-8-7-9-15-38;/h7-11,14-27,30-33,46H,5-6,12-13,28-29H2,1-4H3;1H/q+1;/p-1/b42-33+,47-44?;. The molecule has 0 atom stereocenters. The zero-order valence-electron chi connectivity index (χ0n) is 30.5. The summed E-state index contributed by atoms with van der Waals surface area (Å²) in [5.41, 5.74) is 8.56. The molecule has 0 bridgehead atoms. The minimum atomic E-state index is -0.160. The number of pyridine rings is 1. The Balaban J connectivity index is 0.00000523. The molecule has 0 fully saturated rings. The zero-order valence-corrected chi connectivity index (χ0v) is 32.1. The molecule has 8 nitrogen and oxygen atoms in total. The predicted molar refractivity (Wildman–Crippen MR) is 210 cm³/mol. The molecule has 2 heterocycles. The van der Waals surface area contributed by atoms with Gasteiger partial charge in [-0.05, 0) is 85.1 Å². The smallest absolute Gasteiger partial charge is 0.169 e. The van der Waals surface area contributed by atoms with E-state index in [-0.39, 0.29) is 22.4 Å².